The third kappa shape index (κ3) is 6.19. The lowest BCUT2D eigenvalue weighted by Crippen LogP contribution is -2.76. The van der Waals surface area contributed by atoms with Crippen molar-refractivity contribution in [3.63, 3.8) is 0 Å². The molecule has 0 aliphatic rings. The van der Waals surface area contributed by atoms with Gasteiger partial charge in [-0.2, -0.15) is 30.6 Å². The van der Waals surface area contributed by atoms with Crippen molar-refractivity contribution in [2.24, 2.45) is 0 Å². The molecule has 0 heterocycles. The first-order valence-corrected chi connectivity index (χ1v) is 14.9. The fraction of sp³-hybridized carbons (Fsp3) is 0.211. The van der Waals surface area contributed by atoms with Gasteiger partial charge in [0, 0.05) is 0 Å². The normalized spacial score (nSPS) is 11.3. The Morgan fingerprint density at radius 1 is 0.378 bits per heavy atom. The quantitative estimate of drug-likeness (QED) is 0.0999. The zero-order chi connectivity index (χ0) is 33.4. The molecule has 5 aromatic carbocycles. The van der Waals surface area contributed by atoms with E-state index >= 15 is 0 Å². The maximum absolute atomic E-state index is 12.3. The van der Waals surface area contributed by atoms with Gasteiger partial charge in [-0.3, -0.25) is 0 Å². The number of benzene rings is 5. The molecule has 7 heteroatoms. The van der Waals surface area contributed by atoms with Gasteiger partial charge in [-0.25, -0.2) is 13.2 Å². The Labute approximate surface area is 262 Å². The van der Waals surface area contributed by atoms with Crippen LogP contribution < -0.4 is 27.6 Å². The summed E-state index contributed by atoms with van der Waals surface area (Å²) in [6.45, 7) is 17.9. The Morgan fingerprint density at radius 2 is 0.600 bits per heavy atom. The van der Waals surface area contributed by atoms with Crippen LogP contribution in [0.5, 0.6) is 0 Å². The molecule has 0 aromatic heterocycles. The molecule has 234 valence electrons. The van der Waals surface area contributed by atoms with E-state index in [0.717, 1.165) is 0 Å². The Balaban J connectivity index is 0.000000323. The summed E-state index contributed by atoms with van der Waals surface area (Å²) in [5.74, 6) is -9.91. The predicted molar refractivity (Wildman–Crippen MR) is 177 cm³/mol. The van der Waals surface area contributed by atoms with Gasteiger partial charge in [0.05, 0.1) is 0 Å². The van der Waals surface area contributed by atoms with Crippen molar-refractivity contribution < 1.29 is 27.7 Å². The fourth-order valence-electron chi connectivity index (χ4n) is 6.90. The summed E-state index contributed by atoms with van der Waals surface area (Å²) < 4.78 is 61.3. The maximum Gasteiger partial charge on any atom is 0.225 e. The van der Waals surface area contributed by atoms with Crippen LogP contribution in [0.2, 0.25) is 0 Å². The van der Waals surface area contributed by atoms with Crippen molar-refractivity contribution in [2.75, 3.05) is 0 Å². The number of halogens is 5. The Kier molecular flexibility index (Phi) is 9.74. The number of quaternary nitrogens is 1. The van der Waals surface area contributed by atoms with Gasteiger partial charge in [-0.05, 0) is 55.4 Å². The van der Waals surface area contributed by atoms with Crippen molar-refractivity contribution in [3.8, 4) is 0 Å². The molecule has 0 unspecified atom stereocenters. The van der Waals surface area contributed by atoms with Crippen LogP contribution in [-0.2, 0) is 0 Å². The average Bonchev–Trinajstić information content (AvgIpc) is 2.97. The van der Waals surface area contributed by atoms with Gasteiger partial charge in [0.2, 0.25) is 34.8 Å². The lowest BCUT2D eigenvalue weighted by Gasteiger charge is -2.48. The van der Waals surface area contributed by atoms with Crippen LogP contribution in [0.4, 0.5) is 27.6 Å². The Bertz CT molecular complexity index is 1600. The van der Waals surface area contributed by atoms with Crippen molar-refractivity contribution in [1.82, 2.24) is 0 Å². The molecule has 5 rings (SSSR count). The van der Waals surface area contributed by atoms with E-state index in [9.17, 15) is 22.0 Å². The monoisotopic (exact) mass is 615 g/mol. The standard InChI is InChI=1S/C32H36B.C6H2F5N/c1-21-9-13-29(25(5)17-21)33(30-14-10-22(2)18-26(30)6,31-15-11-23(3)19-27(31)7)32-16-12-24(4)20-28(32)8;7-1-2(8)4(10)6(12)5(11)3(1)9/h9-20H,1-8H3;12H2/q-1;/p+1. The third-order valence-corrected chi connectivity index (χ3v) is 8.87. The summed E-state index contributed by atoms with van der Waals surface area (Å²) in [5.41, 5.74) is 17.9. The predicted octanol–water partition coefficient (Wildman–Crippen LogP) is 6.79. The van der Waals surface area contributed by atoms with E-state index < -0.39 is 40.9 Å². The lowest BCUT2D eigenvalue weighted by atomic mass is 9.11. The van der Waals surface area contributed by atoms with Crippen molar-refractivity contribution >= 4 is 33.7 Å². The summed E-state index contributed by atoms with van der Waals surface area (Å²) in [6.07, 6.45) is -1.38. The summed E-state index contributed by atoms with van der Waals surface area (Å²) >= 11 is 0. The molecule has 0 aliphatic carbocycles. The summed E-state index contributed by atoms with van der Waals surface area (Å²) in [7, 11) is 0. The van der Waals surface area contributed by atoms with Gasteiger partial charge >= 0.3 is 0 Å². The smallest absolute Gasteiger partial charge is 0.225 e. The molecule has 3 N–H and O–H groups in total. The minimum atomic E-state index is -2.17. The van der Waals surface area contributed by atoms with Gasteiger partial charge in [-0.15, -0.1) is 0 Å². The highest BCUT2D eigenvalue weighted by atomic mass is 19.2. The van der Waals surface area contributed by atoms with Crippen LogP contribution in [0, 0.1) is 84.5 Å². The van der Waals surface area contributed by atoms with Gasteiger partial charge in [0.1, 0.15) is 6.15 Å². The Morgan fingerprint density at radius 3 is 0.822 bits per heavy atom. The van der Waals surface area contributed by atoms with Crippen molar-refractivity contribution in [1.29, 1.82) is 0 Å². The highest BCUT2D eigenvalue weighted by Gasteiger charge is 2.36. The van der Waals surface area contributed by atoms with Gasteiger partial charge in [0.15, 0.2) is 0 Å². The molecule has 0 saturated carbocycles. The first-order valence-electron chi connectivity index (χ1n) is 14.9. The van der Waals surface area contributed by atoms with E-state index in [1.54, 1.807) is 0 Å². The lowest BCUT2D eigenvalue weighted by molar-refractivity contribution is -0.263. The molecule has 0 amide bonds. The highest BCUT2D eigenvalue weighted by molar-refractivity contribution is 7.20. The highest BCUT2D eigenvalue weighted by Crippen LogP contribution is 2.23. The van der Waals surface area contributed by atoms with Gasteiger partial charge in [0.25, 0.3) is 0 Å². The maximum atomic E-state index is 12.3. The van der Waals surface area contributed by atoms with Crippen LogP contribution in [0.3, 0.4) is 0 Å². The third-order valence-electron chi connectivity index (χ3n) is 8.87. The second-order valence-corrected chi connectivity index (χ2v) is 12.4. The number of hydrogen-bond acceptors (Lipinski definition) is 0. The zero-order valence-electron chi connectivity index (χ0n) is 27.1. The van der Waals surface area contributed by atoms with Gasteiger partial charge in [-0.1, -0.05) is 117 Å². The number of rotatable bonds is 4. The second kappa shape index (κ2) is 13.0. The zero-order valence-corrected chi connectivity index (χ0v) is 27.1. The average molecular weight is 616 g/mol. The van der Waals surface area contributed by atoms with Crippen molar-refractivity contribution in [2.45, 2.75) is 55.4 Å². The molecular formula is C38H39BF5N. The molecule has 0 atom stereocenters. The van der Waals surface area contributed by atoms with Crippen LogP contribution in [-0.4, -0.2) is 6.15 Å². The Hall–Kier alpha value is -4.23. The molecule has 0 aliphatic heterocycles. The van der Waals surface area contributed by atoms with E-state index in [2.05, 4.69) is 134 Å². The van der Waals surface area contributed by atoms with E-state index in [0.29, 0.717) is 0 Å². The molecule has 0 bridgehead atoms. The molecule has 5 aromatic rings. The second-order valence-electron chi connectivity index (χ2n) is 12.4. The van der Waals surface area contributed by atoms with Crippen molar-refractivity contribution in [3.05, 3.63) is 146 Å². The van der Waals surface area contributed by atoms with Crippen LogP contribution in [0.15, 0.2) is 72.8 Å². The largest absolute Gasteiger partial charge is 0.320 e. The van der Waals surface area contributed by atoms with E-state index in [4.69, 9.17) is 0 Å². The minimum absolute atomic E-state index is 1.12. The molecule has 0 saturated heterocycles. The van der Waals surface area contributed by atoms with E-state index in [-0.39, 0.29) is 0 Å². The van der Waals surface area contributed by atoms with Gasteiger partial charge < -0.3 is 5.73 Å². The molecule has 1 nitrogen and oxygen atoms in total. The molecule has 0 radical (unpaired) electrons. The van der Waals surface area contributed by atoms with Crippen LogP contribution in [0.25, 0.3) is 0 Å². The van der Waals surface area contributed by atoms with E-state index in [1.165, 1.54) is 66.4 Å². The SMILES string of the molecule is Cc1ccc([B-](c2ccc(C)cc2C)(c2ccc(C)cc2C)c2ccc(C)cc2C)c(C)c1.[NH3+]c1c(F)c(F)c(F)c(F)c1F. The number of hydrogen-bond donors (Lipinski definition) is 1. The summed E-state index contributed by atoms with van der Waals surface area (Å²) in [6, 6.07) is 28.1. The van der Waals surface area contributed by atoms with Crippen LogP contribution in [0.1, 0.15) is 44.5 Å². The summed E-state index contributed by atoms with van der Waals surface area (Å²) in [5, 5.41) is 0. The molecule has 0 fully saturated rings. The number of aryl methyl sites for hydroxylation is 8. The first-order chi connectivity index (χ1) is 21.1. The van der Waals surface area contributed by atoms with E-state index in [1.807, 2.05) is 0 Å². The summed E-state index contributed by atoms with van der Waals surface area (Å²) in [4.78, 5) is 0. The first kappa shape index (κ1) is 33.7. The minimum Gasteiger partial charge on any atom is -0.320 e. The fourth-order valence-corrected chi connectivity index (χ4v) is 6.90. The molecule has 45 heavy (non-hydrogen) atoms. The van der Waals surface area contributed by atoms with Crippen LogP contribution >= 0.6 is 0 Å². The molecule has 0 spiro atoms. The topological polar surface area (TPSA) is 27.6 Å². The molecular weight excluding hydrogens is 576 g/mol.